The van der Waals surface area contributed by atoms with Gasteiger partial charge in [-0.1, -0.05) is 37.6 Å². The zero-order valence-corrected chi connectivity index (χ0v) is 10.8. The first-order chi connectivity index (χ1) is 8.15. The number of unbranched alkanes of at least 4 members (excludes halogenated alkanes) is 1. The van der Waals surface area contributed by atoms with E-state index in [9.17, 15) is 0 Å². The van der Waals surface area contributed by atoms with E-state index in [4.69, 9.17) is 15.3 Å². The molecule has 0 aromatic heterocycles. The third-order valence-electron chi connectivity index (χ3n) is 2.35. The van der Waals surface area contributed by atoms with E-state index in [0.29, 0.717) is 0 Å². The van der Waals surface area contributed by atoms with E-state index in [1.807, 2.05) is 18.2 Å². The number of hydrogen-bond donors (Lipinski definition) is 3. The van der Waals surface area contributed by atoms with E-state index >= 15 is 0 Å². The summed E-state index contributed by atoms with van der Waals surface area (Å²) < 4.78 is 0. The molecule has 0 aliphatic heterocycles. The second-order valence-corrected chi connectivity index (χ2v) is 4.06. The Hall–Kier alpha value is -0.900. The van der Waals surface area contributed by atoms with Crippen LogP contribution in [0.2, 0.25) is 0 Å². The molecule has 0 amide bonds. The summed E-state index contributed by atoms with van der Waals surface area (Å²) in [5, 5.41) is 25.0. The van der Waals surface area contributed by atoms with E-state index in [-0.39, 0.29) is 13.2 Å². The molecule has 0 heterocycles. The van der Waals surface area contributed by atoms with Crippen molar-refractivity contribution in [2.75, 3.05) is 6.61 Å². The zero-order chi connectivity index (χ0) is 13.1. The van der Waals surface area contributed by atoms with Crippen LogP contribution < -0.4 is 0 Å². The summed E-state index contributed by atoms with van der Waals surface area (Å²) in [7, 11) is 0. The minimum Gasteiger partial charge on any atom is -0.394 e. The highest BCUT2D eigenvalue weighted by Crippen LogP contribution is 2.11. The largest absolute Gasteiger partial charge is 0.394 e. The molecule has 1 aromatic carbocycles. The molecule has 0 fully saturated rings. The van der Waals surface area contributed by atoms with Crippen LogP contribution >= 0.6 is 0 Å². The molecular formula is C14H24O3. The molecule has 3 heteroatoms. The lowest BCUT2D eigenvalue weighted by Gasteiger charge is -2.05. The molecule has 0 spiro atoms. The molecule has 98 valence electrons. The normalized spacial score (nSPS) is 11.6. The number of aliphatic hydroxyl groups excluding tert-OH is 3. The summed E-state index contributed by atoms with van der Waals surface area (Å²) in [6.07, 6.45) is 2.94. The maximum atomic E-state index is 9.02. The van der Waals surface area contributed by atoms with Gasteiger partial charge in [0.25, 0.3) is 0 Å². The first kappa shape index (κ1) is 16.1. The van der Waals surface area contributed by atoms with Crippen molar-refractivity contribution < 1.29 is 15.3 Å². The Bertz CT molecular complexity index is 285. The maximum absolute atomic E-state index is 9.02. The Morgan fingerprint density at radius 3 is 2.06 bits per heavy atom. The van der Waals surface area contributed by atoms with Crippen LogP contribution in [0.3, 0.4) is 0 Å². The predicted octanol–water partition coefficient (Wildman–Crippen LogP) is 1.88. The van der Waals surface area contributed by atoms with Crippen LogP contribution in [0.15, 0.2) is 24.3 Å². The summed E-state index contributed by atoms with van der Waals surface area (Å²) in [5.74, 6) is 0. The van der Waals surface area contributed by atoms with Gasteiger partial charge in [0.2, 0.25) is 0 Å². The minimum atomic E-state index is -0.560. The molecule has 0 saturated heterocycles. The average molecular weight is 240 g/mol. The third kappa shape index (κ3) is 7.91. The molecule has 1 unspecified atom stereocenters. The number of aryl methyl sites for hydroxylation is 1. The van der Waals surface area contributed by atoms with Gasteiger partial charge in [-0.15, -0.1) is 0 Å². The van der Waals surface area contributed by atoms with Crippen LogP contribution in [0.25, 0.3) is 0 Å². The van der Waals surface area contributed by atoms with Crippen LogP contribution in [-0.4, -0.2) is 28.0 Å². The smallest absolute Gasteiger partial charge is 0.0742 e. The molecule has 17 heavy (non-hydrogen) atoms. The molecule has 1 rings (SSSR count). The molecule has 0 aliphatic rings. The predicted molar refractivity (Wildman–Crippen MR) is 69.7 cm³/mol. The van der Waals surface area contributed by atoms with Crippen molar-refractivity contribution in [3.63, 3.8) is 0 Å². The molecular weight excluding hydrogens is 216 g/mol. The average Bonchev–Trinajstić information content (AvgIpc) is 2.37. The van der Waals surface area contributed by atoms with Gasteiger partial charge in [0.1, 0.15) is 0 Å². The fraction of sp³-hybridized carbons (Fsp3) is 0.571. The van der Waals surface area contributed by atoms with Gasteiger partial charge < -0.3 is 15.3 Å². The highest BCUT2D eigenvalue weighted by atomic mass is 16.3. The molecule has 0 aliphatic carbocycles. The second kappa shape index (κ2) is 10.3. The van der Waals surface area contributed by atoms with Gasteiger partial charge in [-0.3, -0.25) is 0 Å². The summed E-state index contributed by atoms with van der Waals surface area (Å²) in [6, 6.07) is 8.09. The molecule has 1 aromatic rings. The summed E-state index contributed by atoms with van der Waals surface area (Å²) in [6.45, 7) is 3.74. The van der Waals surface area contributed by atoms with Gasteiger partial charge in [-0.05, 0) is 30.9 Å². The topological polar surface area (TPSA) is 60.7 Å². The van der Waals surface area contributed by atoms with Crippen molar-refractivity contribution in [2.45, 2.75) is 45.8 Å². The molecule has 3 N–H and O–H groups in total. The summed E-state index contributed by atoms with van der Waals surface area (Å²) in [5.41, 5.74) is 2.37. The van der Waals surface area contributed by atoms with Crippen molar-refractivity contribution >= 4 is 0 Å². The van der Waals surface area contributed by atoms with E-state index in [1.54, 1.807) is 0 Å². The Kier molecular flexibility index (Phi) is 9.72. The molecule has 0 radical (unpaired) electrons. The number of rotatable bonds is 5. The fourth-order valence-corrected chi connectivity index (χ4v) is 1.32. The van der Waals surface area contributed by atoms with Crippen LogP contribution in [-0.2, 0) is 13.0 Å². The van der Waals surface area contributed by atoms with Crippen molar-refractivity contribution in [3.05, 3.63) is 35.4 Å². The van der Waals surface area contributed by atoms with E-state index in [0.717, 1.165) is 12.0 Å². The number of hydrogen-bond acceptors (Lipinski definition) is 3. The first-order valence-corrected chi connectivity index (χ1v) is 6.12. The first-order valence-electron chi connectivity index (χ1n) is 6.12. The van der Waals surface area contributed by atoms with Crippen LogP contribution in [0.5, 0.6) is 0 Å². The molecule has 3 nitrogen and oxygen atoms in total. The molecule has 0 saturated carbocycles. The summed E-state index contributed by atoms with van der Waals surface area (Å²) in [4.78, 5) is 0. The van der Waals surface area contributed by atoms with Crippen LogP contribution in [0, 0.1) is 0 Å². The minimum absolute atomic E-state index is 0.139. The van der Waals surface area contributed by atoms with E-state index in [1.165, 1.54) is 25.3 Å². The zero-order valence-electron chi connectivity index (χ0n) is 10.8. The lowest BCUT2D eigenvalue weighted by Crippen LogP contribution is -2.03. The van der Waals surface area contributed by atoms with Crippen molar-refractivity contribution in [1.29, 1.82) is 0 Å². The SMILES string of the molecule is CC(O)CO.CCCCc1ccccc1CO. The monoisotopic (exact) mass is 240 g/mol. The second-order valence-electron chi connectivity index (χ2n) is 4.06. The Balaban J connectivity index is 0.000000437. The Labute approximate surface area is 104 Å². The van der Waals surface area contributed by atoms with Gasteiger partial charge in [-0.2, -0.15) is 0 Å². The molecule has 1 atom stereocenters. The maximum Gasteiger partial charge on any atom is 0.0742 e. The molecule has 0 bridgehead atoms. The van der Waals surface area contributed by atoms with Gasteiger partial charge in [0.05, 0.1) is 19.3 Å². The van der Waals surface area contributed by atoms with Crippen molar-refractivity contribution in [3.8, 4) is 0 Å². The Morgan fingerprint density at radius 1 is 1.12 bits per heavy atom. The lowest BCUT2D eigenvalue weighted by atomic mass is 10.0. The van der Waals surface area contributed by atoms with Crippen LogP contribution in [0.1, 0.15) is 37.8 Å². The highest BCUT2D eigenvalue weighted by molar-refractivity contribution is 5.26. The van der Waals surface area contributed by atoms with Gasteiger partial charge in [-0.25, -0.2) is 0 Å². The fourth-order valence-electron chi connectivity index (χ4n) is 1.32. The Morgan fingerprint density at radius 2 is 1.65 bits per heavy atom. The standard InChI is InChI=1S/C11H16O.C3H8O2/c1-2-3-6-10-7-4-5-8-11(10)9-12;1-3(5)2-4/h4-5,7-8,12H,2-3,6,9H2,1H3;3-5H,2H2,1H3. The van der Waals surface area contributed by atoms with Crippen molar-refractivity contribution in [2.24, 2.45) is 0 Å². The van der Waals surface area contributed by atoms with Gasteiger partial charge in [0.15, 0.2) is 0 Å². The van der Waals surface area contributed by atoms with Crippen LogP contribution in [0.4, 0.5) is 0 Å². The van der Waals surface area contributed by atoms with E-state index < -0.39 is 6.10 Å². The quantitative estimate of drug-likeness (QED) is 0.736. The number of aliphatic hydroxyl groups is 3. The summed E-state index contributed by atoms with van der Waals surface area (Å²) >= 11 is 0. The lowest BCUT2D eigenvalue weighted by molar-refractivity contribution is 0.110. The van der Waals surface area contributed by atoms with Crippen molar-refractivity contribution in [1.82, 2.24) is 0 Å². The van der Waals surface area contributed by atoms with Gasteiger partial charge in [0, 0.05) is 0 Å². The van der Waals surface area contributed by atoms with E-state index in [2.05, 4.69) is 13.0 Å². The number of benzene rings is 1. The third-order valence-corrected chi connectivity index (χ3v) is 2.35. The van der Waals surface area contributed by atoms with Gasteiger partial charge >= 0.3 is 0 Å². The highest BCUT2D eigenvalue weighted by Gasteiger charge is 1.98.